The van der Waals surface area contributed by atoms with Gasteiger partial charge in [0, 0.05) is 26.1 Å². The first-order chi connectivity index (χ1) is 15.4. The lowest BCUT2D eigenvalue weighted by Gasteiger charge is -2.43. The van der Waals surface area contributed by atoms with Crippen LogP contribution in [-0.2, 0) is 25.6 Å². The largest absolute Gasteiger partial charge is 0.481 e. The van der Waals surface area contributed by atoms with E-state index in [4.69, 9.17) is 5.11 Å². The number of hydrazine groups is 2. The molecule has 0 spiro atoms. The van der Waals surface area contributed by atoms with Gasteiger partial charge < -0.3 is 15.2 Å². The molecule has 2 aliphatic rings. The van der Waals surface area contributed by atoms with E-state index in [0.717, 1.165) is 10.6 Å². The summed E-state index contributed by atoms with van der Waals surface area (Å²) < 4.78 is 0. The molecule has 172 valence electrons. The van der Waals surface area contributed by atoms with Crippen molar-refractivity contribution in [3.8, 4) is 0 Å². The van der Waals surface area contributed by atoms with Crippen LogP contribution < -0.4 is 10.7 Å². The van der Waals surface area contributed by atoms with Gasteiger partial charge in [-0.25, -0.2) is 20.2 Å². The van der Waals surface area contributed by atoms with Crippen molar-refractivity contribution in [3.05, 3.63) is 35.9 Å². The van der Waals surface area contributed by atoms with Crippen LogP contribution in [0.5, 0.6) is 0 Å². The summed E-state index contributed by atoms with van der Waals surface area (Å²) in [6.07, 6.45) is 1.34. The maximum atomic E-state index is 13.3. The monoisotopic (exact) mass is 445 g/mol. The van der Waals surface area contributed by atoms with Crippen LogP contribution in [0.25, 0.3) is 0 Å². The second-order valence-electron chi connectivity index (χ2n) is 7.70. The summed E-state index contributed by atoms with van der Waals surface area (Å²) in [6.45, 7) is 0.919. The Bertz CT molecular complexity index is 863. The Hall–Kier alpha value is -3.47. The molecule has 2 atom stereocenters. The zero-order valence-corrected chi connectivity index (χ0v) is 17.6. The average molecular weight is 445 g/mol. The third-order valence-electron chi connectivity index (χ3n) is 5.42. The van der Waals surface area contributed by atoms with Gasteiger partial charge in [0.1, 0.15) is 12.3 Å². The molecule has 32 heavy (non-hydrogen) atoms. The summed E-state index contributed by atoms with van der Waals surface area (Å²) in [7, 11) is 0. The van der Waals surface area contributed by atoms with E-state index in [1.165, 1.54) is 10.0 Å². The number of hydrogen-bond donors (Lipinski definition) is 3. The third kappa shape index (κ3) is 5.61. The Labute approximate surface area is 185 Å². The number of fused-ring (bicyclic) bond motifs is 1. The van der Waals surface area contributed by atoms with Crippen LogP contribution in [0.4, 0.5) is 4.79 Å². The molecule has 0 aromatic heterocycles. The number of carbonyl (C=O) groups excluding carboxylic acids is 4. The fourth-order valence-corrected chi connectivity index (χ4v) is 3.84. The summed E-state index contributed by atoms with van der Waals surface area (Å²) >= 11 is 0. The molecule has 0 unspecified atom stereocenters. The molecule has 2 saturated heterocycles. The second-order valence-corrected chi connectivity index (χ2v) is 7.70. The smallest absolute Gasteiger partial charge is 0.353 e. The molecule has 0 radical (unpaired) electrons. The molecular formula is C21H27N5O6. The molecule has 11 nitrogen and oxygen atoms in total. The van der Waals surface area contributed by atoms with Crippen molar-refractivity contribution in [1.29, 1.82) is 0 Å². The quantitative estimate of drug-likeness (QED) is 0.452. The van der Waals surface area contributed by atoms with E-state index >= 15 is 0 Å². The van der Waals surface area contributed by atoms with Crippen molar-refractivity contribution in [3.63, 3.8) is 0 Å². The van der Waals surface area contributed by atoms with Gasteiger partial charge in [-0.1, -0.05) is 30.3 Å². The molecule has 3 rings (SSSR count). The van der Waals surface area contributed by atoms with Crippen molar-refractivity contribution >= 4 is 30.1 Å². The highest BCUT2D eigenvalue weighted by Crippen LogP contribution is 2.23. The van der Waals surface area contributed by atoms with Crippen molar-refractivity contribution in [2.24, 2.45) is 0 Å². The van der Waals surface area contributed by atoms with Gasteiger partial charge in [-0.05, 0) is 24.8 Å². The van der Waals surface area contributed by atoms with Crippen LogP contribution in [0.3, 0.4) is 0 Å². The molecule has 2 aliphatic heterocycles. The number of carbonyl (C=O) groups is 5. The third-order valence-corrected chi connectivity index (χ3v) is 5.42. The number of amides is 4. The molecule has 11 heteroatoms. The number of nitrogens with one attached hydrogen (secondary N) is 2. The van der Waals surface area contributed by atoms with E-state index in [9.17, 15) is 24.0 Å². The van der Waals surface area contributed by atoms with Crippen molar-refractivity contribution in [2.45, 2.75) is 44.2 Å². The first kappa shape index (κ1) is 23.2. The van der Waals surface area contributed by atoms with Crippen LogP contribution in [0.15, 0.2) is 30.3 Å². The van der Waals surface area contributed by atoms with E-state index in [-0.39, 0.29) is 25.3 Å². The van der Waals surface area contributed by atoms with Gasteiger partial charge >= 0.3 is 12.0 Å². The highest BCUT2D eigenvalue weighted by atomic mass is 16.4. The van der Waals surface area contributed by atoms with Gasteiger partial charge in [0.15, 0.2) is 0 Å². The first-order valence-corrected chi connectivity index (χ1v) is 10.6. The normalized spacial score (nSPS) is 19.8. The Morgan fingerprint density at radius 2 is 1.94 bits per heavy atom. The van der Waals surface area contributed by atoms with Gasteiger partial charge in [-0.15, -0.1) is 0 Å². The van der Waals surface area contributed by atoms with Crippen molar-refractivity contribution in [2.75, 3.05) is 19.6 Å². The summed E-state index contributed by atoms with van der Waals surface area (Å²) in [5, 5.41) is 15.0. The number of benzene rings is 1. The number of carboxylic acids is 1. The topological polar surface area (TPSA) is 139 Å². The van der Waals surface area contributed by atoms with Crippen LogP contribution in [0, 0.1) is 0 Å². The zero-order chi connectivity index (χ0) is 23.1. The Morgan fingerprint density at radius 3 is 2.62 bits per heavy atom. The maximum Gasteiger partial charge on any atom is 0.353 e. The lowest BCUT2D eigenvalue weighted by Crippen LogP contribution is -2.64. The molecular weight excluding hydrogens is 418 g/mol. The second kappa shape index (κ2) is 10.7. The molecule has 1 aromatic rings. The lowest BCUT2D eigenvalue weighted by atomic mass is 10.1. The molecule has 4 amide bonds. The highest BCUT2D eigenvalue weighted by molar-refractivity contribution is 5.92. The molecule has 0 bridgehead atoms. The summed E-state index contributed by atoms with van der Waals surface area (Å²) in [4.78, 5) is 60.8. The number of carboxylic acid groups (broad SMARTS) is 1. The fourth-order valence-electron chi connectivity index (χ4n) is 3.84. The molecule has 2 heterocycles. The van der Waals surface area contributed by atoms with Crippen molar-refractivity contribution < 1.29 is 29.1 Å². The van der Waals surface area contributed by atoms with Gasteiger partial charge in [-0.3, -0.25) is 19.4 Å². The Kier molecular flexibility index (Phi) is 7.77. The molecule has 0 saturated carbocycles. The fraction of sp³-hybridized carbons (Fsp3) is 0.476. The van der Waals surface area contributed by atoms with E-state index in [2.05, 4.69) is 10.7 Å². The molecule has 0 aliphatic carbocycles. The van der Waals surface area contributed by atoms with E-state index in [0.29, 0.717) is 32.2 Å². The summed E-state index contributed by atoms with van der Waals surface area (Å²) in [6, 6.07) is 6.95. The van der Waals surface area contributed by atoms with E-state index in [1.54, 1.807) is 0 Å². The number of nitrogens with zero attached hydrogens (tertiary/aromatic N) is 3. The minimum absolute atomic E-state index is 0.102. The summed E-state index contributed by atoms with van der Waals surface area (Å²) in [5.41, 5.74) is 4.14. The first-order valence-electron chi connectivity index (χ1n) is 10.6. The van der Waals surface area contributed by atoms with Crippen molar-refractivity contribution in [1.82, 2.24) is 25.8 Å². The average Bonchev–Trinajstić information content (AvgIpc) is 2.91. The van der Waals surface area contributed by atoms with Gasteiger partial charge in [0.25, 0.3) is 0 Å². The standard InChI is InChI=1S/C21H27N5O6/c27-14-16(13-19(29)30)23-20(31)17-7-4-11-25-18(28)9-12-24(21(32)26(17)25)22-10-8-15-5-2-1-3-6-15/h1-3,5-6,14,16-17,22H,4,7-13H2,(H,23,31)(H,29,30)/t16-,17-/m0/s1. The molecule has 3 N–H and O–H groups in total. The van der Waals surface area contributed by atoms with E-state index < -0.39 is 36.4 Å². The van der Waals surface area contributed by atoms with Crippen LogP contribution >= 0.6 is 0 Å². The predicted molar refractivity (Wildman–Crippen MR) is 112 cm³/mol. The molecule has 1 aromatic carbocycles. The number of hydrogen-bond acceptors (Lipinski definition) is 6. The van der Waals surface area contributed by atoms with Gasteiger partial charge in [0.05, 0.1) is 12.5 Å². The summed E-state index contributed by atoms with van der Waals surface area (Å²) in [5.74, 6) is -2.18. The predicted octanol–water partition coefficient (Wildman–Crippen LogP) is -0.0742. The molecule has 2 fully saturated rings. The van der Waals surface area contributed by atoms with Crippen LogP contribution in [0.1, 0.15) is 31.2 Å². The minimum Gasteiger partial charge on any atom is -0.481 e. The van der Waals surface area contributed by atoms with Gasteiger partial charge in [0.2, 0.25) is 11.8 Å². The number of urea groups is 1. The Balaban J connectivity index is 1.71. The SMILES string of the molecule is O=C[C@H](CC(=O)O)NC(=O)[C@@H]1CCCN2C(=O)CCN(NCCc3ccccc3)C(=O)N12. The zero-order valence-electron chi connectivity index (χ0n) is 17.6. The number of aliphatic carboxylic acids is 1. The minimum atomic E-state index is -1.23. The van der Waals surface area contributed by atoms with E-state index in [1.807, 2.05) is 30.3 Å². The van der Waals surface area contributed by atoms with Crippen LogP contribution in [-0.4, -0.2) is 82.0 Å². The van der Waals surface area contributed by atoms with Gasteiger partial charge in [-0.2, -0.15) is 0 Å². The van der Waals surface area contributed by atoms with Crippen LogP contribution in [0.2, 0.25) is 0 Å². The lowest BCUT2D eigenvalue weighted by molar-refractivity contribution is -0.155. The Morgan fingerprint density at radius 1 is 1.19 bits per heavy atom. The highest BCUT2D eigenvalue weighted by Gasteiger charge is 2.43. The number of aldehydes is 1. The number of rotatable bonds is 9. The maximum absolute atomic E-state index is 13.3.